The Bertz CT molecular complexity index is 389. The Morgan fingerprint density at radius 1 is 1.18 bits per heavy atom. The van der Waals surface area contributed by atoms with E-state index in [1.165, 1.54) is 12.5 Å². The van der Waals surface area contributed by atoms with E-state index in [9.17, 15) is 9.18 Å². The van der Waals surface area contributed by atoms with Crippen LogP contribution in [0.1, 0.15) is 32.1 Å². The van der Waals surface area contributed by atoms with E-state index in [4.69, 9.17) is 0 Å². The third-order valence-electron chi connectivity index (χ3n) is 3.06. The fourth-order valence-corrected chi connectivity index (χ4v) is 2.15. The van der Waals surface area contributed by atoms with Crippen LogP contribution in [0.4, 0.5) is 14.9 Å². The summed E-state index contributed by atoms with van der Waals surface area (Å²) in [6, 6.07) is 6.09. The molecule has 0 heterocycles. The van der Waals surface area contributed by atoms with Crippen molar-refractivity contribution >= 4 is 11.7 Å². The molecule has 0 saturated heterocycles. The van der Waals surface area contributed by atoms with Gasteiger partial charge in [-0.2, -0.15) is 0 Å². The quantitative estimate of drug-likeness (QED) is 0.812. The second-order valence-electron chi connectivity index (χ2n) is 4.41. The first-order chi connectivity index (χ1) is 8.25. The molecule has 17 heavy (non-hydrogen) atoms. The van der Waals surface area contributed by atoms with Crippen molar-refractivity contribution in [1.82, 2.24) is 5.32 Å². The maximum absolute atomic E-state index is 13.3. The molecule has 0 radical (unpaired) electrons. The van der Waals surface area contributed by atoms with E-state index >= 15 is 0 Å². The summed E-state index contributed by atoms with van der Waals surface area (Å²) in [6.07, 6.45) is 5.60. The fourth-order valence-electron chi connectivity index (χ4n) is 2.15. The van der Waals surface area contributed by atoms with Crippen LogP contribution >= 0.6 is 0 Å². The van der Waals surface area contributed by atoms with Crippen molar-refractivity contribution in [3.05, 3.63) is 30.1 Å². The van der Waals surface area contributed by atoms with E-state index < -0.39 is 5.82 Å². The number of para-hydroxylation sites is 1. The van der Waals surface area contributed by atoms with Gasteiger partial charge in [0, 0.05) is 6.04 Å². The van der Waals surface area contributed by atoms with E-state index in [0.717, 1.165) is 25.7 Å². The first-order valence-electron chi connectivity index (χ1n) is 6.08. The normalized spacial score (nSPS) is 16.5. The van der Waals surface area contributed by atoms with Crippen molar-refractivity contribution in [2.75, 3.05) is 5.32 Å². The summed E-state index contributed by atoms with van der Waals surface area (Å²) in [7, 11) is 0. The number of carbonyl (C=O) groups is 1. The number of hydrogen-bond donors (Lipinski definition) is 2. The number of rotatable bonds is 2. The van der Waals surface area contributed by atoms with Crippen LogP contribution in [0.5, 0.6) is 0 Å². The summed E-state index contributed by atoms with van der Waals surface area (Å²) in [4.78, 5) is 11.6. The largest absolute Gasteiger partial charge is 0.335 e. The van der Waals surface area contributed by atoms with Crippen LogP contribution in [-0.2, 0) is 0 Å². The lowest BCUT2D eigenvalue weighted by molar-refractivity contribution is 0.244. The molecule has 2 N–H and O–H groups in total. The van der Waals surface area contributed by atoms with Crippen molar-refractivity contribution < 1.29 is 9.18 Å². The molecule has 0 unspecified atom stereocenters. The van der Waals surface area contributed by atoms with Crippen LogP contribution in [-0.4, -0.2) is 12.1 Å². The van der Waals surface area contributed by atoms with E-state index in [1.54, 1.807) is 18.2 Å². The molecular weight excluding hydrogens is 219 g/mol. The summed E-state index contributed by atoms with van der Waals surface area (Å²) in [5, 5.41) is 5.41. The maximum Gasteiger partial charge on any atom is 0.319 e. The zero-order chi connectivity index (χ0) is 12.1. The molecule has 0 aromatic heterocycles. The summed E-state index contributed by atoms with van der Waals surface area (Å²) in [5.41, 5.74) is 0.223. The molecule has 0 bridgehead atoms. The van der Waals surface area contributed by atoms with Crippen molar-refractivity contribution in [2.24, 2.45) is 0 Å². The predicted octanol–water partition coefficient (Wildman–Crippen LogP) is 3.28. The number of halogens is 1. The van der Waals surface area contributed by atoms with Crippen LogP contribution in [0.25, 0.3) is 0 Å². The van der Waals surface area contributed by atoms with Gasteiger partial charge in [0.25, 0.3) is 0 Å². The summed E-state index contributed by atoms with van der Waals surface area (Å²) in [5.74, 6) is -0.411. The number of amides is 2. The van der Waals surface area contributed by atoms with Crippen LogP contribution in [0.15, 0.2) is 24.3 Å². The Morgan fingerprint density at radius 2 is 1.88 bits per heavy atom. The number of carbonyl (C=O) groups excluding carboxylic acids is 1. The number of nitrogens with one attached hydrogen (secondary N) is 2. The van der Waals surface area contributed by atoms with E-state index in [-0.39, 0.29) is 17.8 Å². The molecule has 0 spiro atoms. The summed E-state index contributed by atoms with van der Waals surface area (Å²) in [6.45, 7) is 0. The van der Waals surface area contributed by atoms with Gasteiger partial charge in [-0.15, -0.1) is 0 Å². The smallest absolute Gasteiger partial charge is 0.319 e. The van der Waals surface area contributed by atoms with Crippen LogP contribution in [0, 0.1) is 5.82 Å². The van der Waals surface area contributed by atoms with Crippen molar-refractivity contribution in [2.45, 2.75) is 38.1 Å². The maximum atomic E-state index is 13.3. The lowest BCUT2D eigenvalue weighted by Gasteiger charge is -2.22. The Labute approximate surface area is 100 Å². The monoisotopic (exact) mass is 236 g/mol. The van der Waals surface area contributed by atoms with Crippen LogP contribution in [0.3, 0.4) is 0 Å². The number of hydrogen-bond acceptors (Lipinski definition) is 1. The van der Waals surface area contributed by atoms with E-state index in [0.29, 0.717) is 0 Å². The van der Waals surface area contributed by atoms with Gasteiger partial charge < -0.3 is 10.6 Å². The number of anilines is 1. The van der Waals surface area contributed by atoms with Gasteiger partial charge in [-0.1, -0.05) is 31.4 Å². The van der Waals surface area contributed by atoms with Gasteiger partial charge >= 0.3 is 6.03 Å². The average Bonchev–Trinajstić information content (AvgIpc) is 2.33. The molecule has 1 saturated carbocycles. The average molecular weight is 236 g/mol. The van der Waals surface area contributed by atoms with Gasteiger partial charge in [-0.3, -0.25) is 0 Å². The molecule has 1 aromatic rings. The molecule has 2 amide bonds. The Hall–Kier alpha value is -1.58. The molecule has 4 heteroatoms. The molecule has 1 aliphatic carbocycles. The van der Waals surface area contributed by atoms with Gasteiger partial charge in [-0.05, 0) is 25.0 Å². The van der Waals surface area contributed by atoms with E-state index in [1.807, 2.05) is 0 Å². The van der Waals surface area contributed by atoms with Gasteiger partial charge in [0.05, 0.1) is 5.69 Å². The molecular formula is C13H17FN2O. The number of urea groups is 1. The van der Waals surface area contributed by atoms with Gasteiger partial charge in [0.2, 0.25) is 0 Å². The highest BCUT2D eigenvalue weighted by Gasteiger charge is 2.16. The molecule has 0 aliphatic heterocycles. The predicted molar refractivity (Wildman–Crippen MR) is 65.4 cm³/mol. The first-order valence-corrected chi connectivity index (χ1v) is 6.08. The molecule has 3 nitrogen and oxygen atoms in total. The second-order valence-corrected chi connectivity index (χ2v) is 4.41. The highest BCUT2D eigenvalue weighted by Crippen LogP contribution is 2.18. The Balaban J connectivity index is 1.86. The van der Waals surface area contributed by atoms with Gasteiger partial charge in [0.15, 0.2) is 0 Å². The SMILES string of the molecule is O=C(Nc1ccccc1F)NC1CCCCC1. The third kappa shape index (κ3) is 3.44. The topological polar surface area (TPSA) is 41.1 Å². The summed E-state index contributed by atoms with van der Waals surface area (Å²) >= 11 is 0. The Kier molecular flexibility index (Phi) is 3.96. The highest BCUT2D eigenvalue weighted by atomic mass is 19.1. The zero-order valence-electron chi connectivity index (χ0n) is 9.71. The zero-order valence-corrected chi connectivity index (χ0v) is 9.71. The lowest BCUT2D eigenvalue weighted by atomic mass is 9.96. The lowest BCUT2D eigenvalue weighted by Crippen LogP contribution is -2.39. The minimum Gasteiger partial charge on any atom is -0.335 e. The highest BCUT2D eigenvalue weighted by molar-refractivity contribution is 5.89. The van der Waals surface area contributed by atoms with Gasteiger partial charge in [0.1, 0.15) is 5.82 Å². The van der Waals surface area contributed by atoms with Crippen LogP contribution < -0.4 is 10.6 Å². The van der Waals surface area contributed by atoms with Crippen molar-refractivity contribution in [1.29, 1.82) is 0 Å². The third-order valence-corrected chi connectivity index (χ3v) is 3.06. The molecule has 92 valence electrons. The molecule has 2 rings (SSSR count). The molecule has 1 fully saturated rings. The van der Waals surface area contributed by atoms with Crippen molar-refractivity contribution in [3.63, 3.8) is 0 Å². The van der Waals surface area contributed by atoms with Crippen molar-refractivity contribution in [3.8, 4) is 0 Å². The molecule has 1 aliphatic rings. The van der Waals surface area contributed by atoms with E-state index in [2.05, 4.69) is 10.6 Å². The first kappa shape index (κ1) is 11.9. The standard InChI is InChI=1S/C13H17FN2O/c14-11-8-4-5-9-12(11)16-13(17)15-10-6-2-1-3-7-10/h4-5,8-10H,1-3,6-7H2,(H2,15,16,17). The minimum atomic E-state index is -0.411. The number of benzene rings is 1. The minimum absolute atomic E-state index is 0.223. The van der Waals surface area contributed by atoms with Crippen LogP contribution in [0.2, 0.25) is 0 Å². The Morgan fingerprint density at radius 3 is 2.59 bits per heavy atom. The molecule has 0 atom stereocenters. The second kappa shape index (κ2) is 5.66. The fraction of sp³-hybridized carbons (Fsp3) is 0.462. The summed E-state index contributed by atoms with van der Waals surface area (Å²) < 4.78 is 13.3. The van der Waals surface area contributed by atoms with Gasteiger partial charge in [-0.25, -0.2) is 9.18 Å². The molecule has 1 aromatic carbocycles.